The summed E-state index contributed by atoms with van der Waals surface area (Å²) in [5.74, 6) is 0.376. The first-order chi connectivity index (χ1) is 11.1. The van der Waals surface area contributed by atoms with Gasteiger partial charge in [0.25, 0.3) is 0 Å². The standard InChI is InChI=1S/C20H30N2O/c1-5-11-20-12-14-22(18(23)15(3)4)19(20)21(13-6-2)17-10-8-7-9-16(17)20/h7-10,15,19H,5-6,11-14H2,1-4H3. The summed E-state index contributed by atoms with van der Waals surface area (Å²) in [5, 5.41) is 0. The molecule has 126 valence electrons. The number of anilines is 1. The van der Waals surface area contributed by atoms with Gasteiger partial charge in [0, 0.05) is 30.1 Å². The Morgan fingerprint density at radius 2 is 2.00 bits per heavy atom. The number of amides is 1. The van der Waals surface area contributed by atoms with Crippen LogP contribution in [0.2, 0.25) is 0 Å². The van der Waals surface area contributed by atoms with Crippen molar-refractivity contribution >= 4 is 11.6 Å². The second-order valence-electron chi connectivity index (χ2n) is 7.43. The maximum atomic E-state index is 12.8. The van der Waals surface area contributed by atoms with Crippen molar-refractivity contribution in [2.75, 3.05) is 18.0 Å². The van der Waals surface area contributed by atoms with E-state index in [9.17, 15) is 4.79 Å². The first-order valence-electron chi connectivity index (χ1n) is 9.23. The van der Waals surface area contributed by atoms with Crippen LogP contribution >= 0.6 is 0 Å². The van der Waals surface area contributed by atoms with Crippen LogP contribution in [0.4, 0.5) is 5.69 Å². The zero-order valence-corrected chi connectivity index (χ0v) is 15.0. The highest BCUT2D eigenvalue weighted by atomic mass is 16.2. The number of hydrogen-bond acceptors (Lipinski definition) is 2. The number of carbonyl (C=O) groups is 1. The zero-order chi connectivity index (χ0) is 16.6. The van der Waals surface area contributed by atoms with Crippen LogP contribution in [0.1, 0.15) is 58.9 Å². The van der Waals surface area contributed by atoms with E-state index in [1.54, 1.807) is 0 Å². The van der Waals surface area contributed by atoms with E-state index in [4.69, 9.17) is 0 Å². The average Bonchev–Trinajstić information content (AvgIpc) is 3.03. The number of carbonyl (C=O) groups excluding carboxylic acids is 1. The largest absolute Gasteiger partial charge is 0.350 e. The summed E-state index contributed by atoms with van der Waals surface area (Å²) >= 11 is 0. The van der Waals surface area contributed by atoms with Crippen molar-refractivity contribution in [1.29, 1.82) is 0 Å². The summed E-state index contributed by atoms with van der Waals surface area (Å²) in [6.45, 7) is 10.5. The number of likely N-dealkylation sites (tertiary alicyclic amines) is 1. The van der Waals surface area contributed by atoms with E-state index in [0.29, 0.717) is 5.91 Å². The quantitative estimate of drug-likeness (QED) is 0.814. The van der Waals surface area contributed by atoms with Gasteiger partial charge in [0.1, 0.15) is 6.17 Å². The molecule has 2 unspecified atom stereocenters. The van der Waals surface area contributed by atoms with Crippen molar-refractivity contribution in [3.8, 4) is 0 Å². The third-order valence-electron chi connectivity index (χ3n) is 5.57. The SMILES string of the molecule is CCCN1c2ccccc2C2(CCC)CCN(C(=O)C(C)C)C12. The van der Waals surface area contributed by atoms with Gasteiger partial charge in [0.15, 0.2) is 0 Å². The fourth-order valence-electron chi connectivity index (χ4n) is 4.77. The number of para-hydroxylation sites is 1. The van der Waals surface area contributed by atoms with Crippen molar-refractivity contribution in [1.82, 2.24) is 4.90 Å². The van der Waals surface area contributed by atoms with Crippen molar-refractivity contribution in [2.45, 2.75) is 65.0 Å². The zero-order valence-electron chi connectivity index (χ0n) is 15.0. The summed E-state index contributed by atoms with van der Waals surface area (Å²) in [6, 6.07) is 8.85. The Hall–Kier alpha value is -1.51. The molecule has 2 atom stereocenters. The van der Waals surface area contributed by atoms with Crippen molar-refractivity contribution < 1.29 is 4.79 Å². The van der Waals surface area contributed by atoms with E-state index in [-0.39, 0.29) is 17.5 Å². The fraction of sp³-hybridized carbons (Fsp3) is 0.650. The molecule has 0 N–H and O–H groups in total. The summed E-state index contributed by atoms with van der Waals surface area (Å²) < 4.78 is 0. The average molecular weight is 314 g/mol. The van der Waals surface area contributed by atoms with E-state index >= 15 is 0 Å². The molecule has 1 fully saturated rings. The summed E-state index contributed by atoms with van der Waals surface area (Å²) in [7, 11) is 0. The molecular formula is C20H30N2O. The van der Waals surface area contributed by atoms with Crippen LogP contribution < -0.4 is 4.90 Å². The van der Waals surface area contributed by atoms with Gasteiger partial charge in [-0.25, -0.2) is 0 Å². The molecule has 0 bridgehead atoms. The molecule has 3 heteroatoms. The lowest BCUT2D eigenvalue weighted by molar-refractivity contribution is -0.135. The maximum Gasteiger partial charge on any atom is 0.226 e. The second-order valence-corrected chi connectivity index (χ2v) is 7.43. The van der Waals surface area contributed by atoms with Gasteiger partial charge in [0.05, 0.1) is 0 Å². The number of benzene rings is 1. The lowest BCUT2D eigenvalue weighted by Crippen LogP contribution is -2.53. The van der Waals surface area contributed by atoms with Crippen LogP contribution in [0.15, 0.2) is 24.3 Å². The topological polar surface area (TPSA) is 23.6 Å². The van der Waals surface area contributed by atoms with Gasteiger partial charge in [-0.1, -0.05) is 52.3 Å². The molecule has 3 nitrogen and oxygen atoms in total. The Morgan fingerprint density at radius 1 is 1.26 bits per heavy atom. The molecule has 0 aliphatic carbocycles. The molecular weight excluding hydrogens is 284 g/mol. The molecule has 0 saturated carbocycles. The molecule has 1 saturated heterocycles. The predicted octanol–water partition coefficient (Wildman–Crippen LogP) is 4.17. The van der Waals surface area contributed by atoms with Gasteiger partial charge in [-0.3, -0.25) is 4.79 Å². The van der Waals surface area contributed by atoms with Gasteiger partial charge in [-0.05, 0) is 30.9 Å². The summed E-state index contributed by atoms with van der Waals surface area (Å²) in [5.41, 5.74) is 2.96. The molecule has 23 heavy (non-hydrogen) atoms. The van der Waals surface area contributed by atoms with Gasteiger partial charge >= 0.3 is 0 Å². The second kappa shape index (κ2) is 6.18. The first-order valence-corrected chi connectivity index (χ1v) is 9.23. The Kier molecular flexibility index (Phi) is 4.39. The highest BCUT2D eigenvalue weighted by Gasteiger charge is 2.57. The third-order valence-corrected chi connectivity index (χ3v) is 5.57. The summed E-state index contributed by atoms with van der Waals surface area (Å²) in [4.78, 5) is 17.5. The smallest absolute Gasteiger partial charge is 0.226 e. The Bertz CT molecular complexity index is 583. The predicted molar refractivity (Wildman–Crippen MR) is 95.6 cm³/mol. The van der Waals surface area contributed by atoms with Crippen LogP contribution in [0.3, 0.4) is 0 Å². The molecule has 1 amide bonds. The molecule has 0 aromatic heterocycles. The lowest BCUT2D eigenvalue weighted by Gasteiger charge is -2.39. The van der Waals surface area contributed by atoms with Crippen molar-refractivity contribution in [3.63, 3.8) is 0 Å². The minimum atomic E-state index is 0.0691. The van der Waals surface area contributed by atoms with Crippen LogP contribution in [0.25, 0.3) is 0 Å². The van der Waals surface area contributed by atoms with E-state index in [1.807, 2.05) is 13.8 Å². The van der Waals surface area contributed by atoms with Gasteiger partial charge in [-0.15, -0.1) is 0 Å². The monoisotopic (exact) mass is 314 g/mol. The molecule has 0 radical (unpaired) electrons. The maximum absolute atomic E-state index is 12.8. The van der Waals surface area contributed by atoms with Crippen LogP contribution in [0.5, 0.6) is 0 Å². The molecule has 0 spiro atoms. The van der Waals surface area contributed by atoms with Crippen LogP contribution in [0, 0.1) is 5.92 Å². The molecule has 1 aromatic rings. The molecule has 3 rings (SSSR count). The number of hydrogen-bond donors (Lipinski definition) is 0. The molecule has 2 aliphatic heterocycles. The van der Waals surface area contributed by atoms with E-state index < -0.39 is 0 Å². The first kappa shape index (κ1) is 16.4. The minimum Gasteiger partial charge on any atom is -0.350 e. The molecule has 1 aromatic carbocycles. The normalized spacial score (nSPS) is 25.9. The number of nitrogens with zero attached hydrogens (tertiary/aromatic N) is 2. The van der Waals surface area contributed by atoms with Crippen molar-refractivity contribution in [2.24, 2.45) is 5.92 Å². The van der Waals surface area contributed by atoms with E-state index in [2.05, 4.69) is 47.9 Å². The van der Waals surface area contributed by atoms with Crippen LogP contribution in [-0.4, -0.2) is 30.1 Å². The lowest BCUT2D eigenvalue weighted by atomic mass is 9.75. The fourth-order valence-corrected chi connectivity index (χ4v) is 4.77. The van der Waals surface area contributed by atoms with Crippen LogP contribution in [-0.2, 0) is 10.2 Å². The van der Waals surface area contributed by atoms with Gasteiger partial charge < -0.3 is 9.80 Å². The molecule has 2 heterocycles. The highest BCUT2D eigenvalue weighted by Crippen LogP contribution is 2.54. The van der Waals surface area contributed by atoms with Gasteiger partial charge in [0.2, 0.25) is 5.91 Å². The summed E-state index contributed by atoms with van der Waals surface area (Å²) in [6.07, 6.45) is 4.75. The highest BCUT2D eigenvalue weighted by molar-refractivity contribution is 5.81. The van der Waals surface area contributed by atoms with Crippen molar-refractivity contribution in [3.05, 3.63) is 29.8 Å². The molecule has 2 aliphatic rings. The minimum absolute atomic E-state index is 0.0691. The van der Waals surface area contributed by atoms with E-state index in [0.717, 1.165) is 38.8 Å². The Balaban J connectivity index is 2.09. The number of rotatable bonds is 5. The van der Waals surface area contributed by atoms with E-state index in [1.165, 1.54) is 11.3 Å². The third kappa shape index (κ3) is 2.36. The Morgan fingerprint density at radius 3 is 2.65 bits per heavy atom. The van der Waals surface area contributed by atoms with Gasteiger partial charge in [-0.2, -0.15) is 0 Å². The Labute approximate surface area is 140 Å². The number of fused-ring (bicyclic) bond motifs is 3.